The molecule has 3 N–H and O–H groups in total. The monoisotopic (exact) mass is 724 g/mol. The highest BCUT2D eigenvalue weighted by molar-refractivity contribution is 9.11. The average molecular weight is 726 g/mol. The van der Waals surface area contributed by atoms with Crippen molar-refractivity contribution in [3.05, 3.63) is 99.1 Å². The molecule has 230 valence electrons. The summed E-state index contributed by atoms with van der Waals surface area (Å²) in [7, 11) is 1.73. The van der Waals surface area contributed by atoms with Crippen LogP contribution in [-0.4, -0.2) is 70.8 Å². The number of nitrogen functional groups attached to an aromatic ring is 1. The smallest absolute Gasteiger partial charge is 0.356 e. The van der Waals surface area contributed by atoms with E-state index in [-0.39, 0.29) is 11.3 Å². The van der Waals surface area contributed by atoms with Crippen molar-refractivity contribution in [3.63, 3.8) is 0 Å². The highest BCUT2D eigenvalue weighted by atomic mass is 79.9. The standard InChI is InChI=1S/C29H25BrN8O4S3/c1-37-29(34-35-36-37)45-14-18-13-43-26-21(33-24(39)19(12-30)20-15-44-28(31)32-20)25(40)38(26)22(18)27(41)42-23(16-8-4-2-5-9-16)17-10-6-3-7-11-17/h2-12,15,21,23,26H,13-14H2,1H3,(H2,31,32)(H,33,39)/t21?,26-/m0/s1. The number of hydrogen-bond acceptors (Lipinski definition) is 12. The number of amides is 2. The summed E-state index contributed by atoms with van der Waals surface area (Å²) in [6, 6.07) is 18.0. The van der Waals surface area contributed by atoms with Gasteiger partial charge in [0.15, 0.2) is 11.2 Å². The maximum atomic E-state index is 14.1. The van der Waals surface area contributed by atoms with Crippen LogP contribution >= 0.6 is 50.8 Å². The number of anilines is 1. The number of aromatic nitrogens is 5. The second-order valence-corrected chi connectivity index (χ2v) is 13.3. The lowest BCUT2D eigenvalue weighted by molar-refractivity contribution is -0.154. The van der Waals surface area contributed by atoms with E-state index < -0.39 is 35.3 Å². The van der Waals surface area contributed by atoms with E-state index in [4.69, 9.17) is 10.5 Å². The normalized spacial score (nSPS) is 18.1. The van der Waals surface area contributed by atoms with Gasteiger partial charge in [0.2, 0.25) is 5.16 Å². The van der Waals surface area contributed by atoms with Crippen LogP contribution < -0.4 is 11.1 Å². The molecule has 0 saturated carbocycles. The predicted molar refractivity (Wildman–Crippen MR) is 176 cm³/mol. The van der Waals surface area contributed by atoms with Crippen molar-refractivity contribution in [2.45, 2.75) is 22.7 Å². The van der Waals surface area contributed by atoms with Gasteiger partial charge in [-0.15, -0.1) is 28.2 Å². The number of β-lactam (4-membered cyclic amide) rings is 1. The summed E-state index contributed by atoms with van der Waals surface area (Å²) in [5, 5.41) is 16.4. The van der Waals surface area contributed by atoms with Crippen LogP contribution in [0.1, 0.15) is 22.9 Å². The van der Waals surface area contributed by atoms with Gasteiger partial charge in [-0.3, -0.25) is 14.5 Å². The van der Waals surface area contributed by atoms with Crippen LogP contribution in [0.15, 0.2) is 87.5 Å². The summed E-state index contributed by atoms with van der Waals surface area (Å²) in [5.74, 6) is -0.773. The fraction of sp³-hybridized carbons (Fsp3) is 0.207. The molecule has 45 heavy (non-hydrogen) atoms. The largest absolute Gasteiger partial charge is 0.448 e. The number of tetrazole rings is 1. The van der Waals surface area contributed by atoms with Gasteiger partial charge in [0.05, 0.1) is 11.3 Å². The summed E-state index contributed by atoms with van der Waals surface area (Å²) in [6.45, 7) is 0. The molecule has 1 unspecified atom stereocenters. The third kappa shape index (κ3) is 6.40. The lowest BCUT2D eigenvalue weighted by atomic mass is 10.0. The third-order valence-electron chi connectivity index (χ3n) is 7.07. The zero-order valence-corrected chi connectivity index (χ0v) is 27.6. The highest BCUT2D eigenvalue weighted by Crippen LogP contribution is 2.43. The number of nitrogens with one attached hydrogen (secondary N) is 1. The van der Waals surface area contributed by atoms with Crippen LogP contribution in [0.4, 0.5) is 5.13 Å². The van der Waals surface area contributed by atoms with Crippen LogP contribution in [0, 0.1) is 0 Å². The Balaban J connectivity index is 1.28. The molecule has 6 rings (SSSR count). The Hall–Kier alpha value is -3.99. The van der Waals surface area contributed by atoms with E-state index in [1.165, 1.54) is 49.4 Å². The van der Waals surface area contributed by atoms with Gasteiger partial charge in [0.1, 0.15) is 17.1 Å². The number of benzene rings is 2. The van der Waals surface area contributed by atoms with Crippen LogP contribution in [-0.2, 0) is 26.2 Å². The number of rotatable bonds is 10. The third-order valence-corrected chi connectivity index (χ3v) is 10.6. The van der Waals surface area contributed by atoms with Crippen molar-refractivity contribution in [2.24, 2.45) is 7.05 Å². The summed E-state index contributed by atoms with van der Waals surface area (Å²) >= 11 is 7.24. The molecule has 0 radical (unpaired) electrons. The molecule has 2 aliphatic heterocycles. The number of fused-ring (bicyclic) bond motifs is 1. The Labute approximate surface area is 278 Å². The minimum Gasteiger partial charge on any atom is -0.448 e. The topological polar surface area (TPSA) is 158 Å². The summed E-state index contributed by atoms with van der Waals surface area (Å²) in [4.78, 5) is 48.1. The average Bonchev–Trinajstić information content (AvgIpc) is 3.69. The predicted octanol–water partition coefficient (Wildman–Crippen LogP) is 3.76. The van der Waals surface area contributed by atoms with Gasteiger partial charge in [-0.1, -0.05) is 88.4 Å². The second-order valence-electron chi connectivity index (χ2n) is 9.89. The fourth-order valence-electron chi connectivity index (χ4n) is 4.88. The molecule has 2 aromatic heterocycles. The Morgan fingerprint density at radius 3 is 2.44 bits per heavy atom. The van der Waals surface area contributed by atoms with E-state index in [1.807, 2.05) is 60.7 Å². The van der Waals surface area contributed by atoms with Crippen LogP contribution in [0.5, 0.6) is 0 Å². The minimum absolute atomic E-state index is 0.164. The van der Waals surface area contributed by atoms with E-state index in [1.54, 1.807) is 12.4 Å². The van der Waals surface area contributed by atoms with Crippen molar-refractivity contribution >= 4 is 79.3 Å². The molecule has 12 nitrogen and oxygen atoms in total. The second kappa shape index (κ2) is 13.6. The Kier molecular flexibility index (Phi) is 9.34. The number of nitrogens with two attached hydrogens (primary N) is 1. The number of carbonyl (C=O) groups is 3. The zero-order valence-electron chi connectivity index (χ0n) is 23.6. The number of hydrogen-bond donors (Lipinski definition) is 2. The maximum Gasteiger partial charge on any atom is 0.356 e. The van der Waals surface area contributed by atoms with Gasteiger partial charge in [-0.25, -0.2) is 14.5 Å². The molecule has 1 saturated heterocycles. The van der Waals surface area contributed by atoms with Gasteiger partial charge in [0, 0.05) is 23.9 Å². The van der Waals surface area contributed by atoms with E-state index >= 15 is 0 Å². The van der Waals surface area contributed by atoms with Crippen molar-refractivity contribution in [1.29, 1.82) is 0 Å². The molecule has 1 fully saturated rings. The summed E-state index contributed by atoms with van der Waals surface area (Å²) in [6.07, 6.45) is -0.707. The van der Waals surface area contributed by atoms with Crippen molar-refractivity contribution in [3.8, 4) is 0 Å². The Morgan fingerprint density at radius 2 is 1.87 bits per heavy atom. The number of esters is 1. The van der Waals surface area contributed by atoms with Gasteiger partial charge < -0.3 is 15.8 Å². The van der Waals surface area contributed by atoms with Gasteiger partial charge in [-0.05, 0) is 32.1 Å². The van der Waals surface area contributed by atoms with Gasteiger partial charge in [0.25, 0.3) is 11.8 Å². The molecule has 2 atom stereocenters. The molecule has 0 aliphatic carbocycles. The van der Waals surface area contributed by atoms with Crippen molar-refractivity contribution in [1.82, 2.24) is 35.4 Å². The quantitative estimate of drug-likeness (QED) is 0.106. The van der Waals surface area contributed by atoms with Crippen LogP contribution in [0.3, 0.4) is 0 Å². The molecule has 0 bridgehead atoms. The maximum absolute atomic E-state index is 14.1. The Morgan fingerprint density at radius 1 is 1.18 bits per heavy atom. The molecule has 4 aromatic rings. The first-order chi connectivity index (χ1) is 21.9. The first-order valence-electron chi connectivity index (χ1n) is 13.5. The molecular weight excluding hydrogens is 700 g/mol. The molecular formula is C29H25BrN8O4S3. The fourth-order valence-corrected chi connectivity index (χ4v) is 8.22. The van der Waals surface area contributed by atoms with Crippen LogP contribution in [0.2, 0.25) is 0 Å². The van der Waals surface area contributed by atoms with Crippen molar-refractivity contribution < 1.29 is 19.1 Å². The number of carbonyl (C=O) groups excluding carboxylic acids is 3. The molecule has 2 amide bonds. The van der Waals surface area contributed by atoms with E-state index in [0.717, 1.165) is 11.1 Å². The number of thiazole rings is 1. The van der Waals surface area contributed by atoms with Gasteiger partial charge >= 0.3 is 5.97 Å². The zero-order chi connectivity index (χ0) is 31.5. The minimum atomic E-state index is -0.861. The first kappa shape index (κ1) is 31.0. The van der Waals surface area contributed by atoms with Crippen LogP contribution in [0.25, 0.3) is 5.57 Å². The molecule has 4 heterocycles. The molecule has 0 spiro atoms. The summed E-state index contributed by atoms with van der Waals surface area (Å²) < 4.78 is 7.75. The first-order valence-corrected chi connectivity index (χ1v) is 17.3. The number of halogens is 1. The lowest BCUT2D eigenvalue weighted by Crippen LogP contribution is -2.70. The lowest BCUT2D eigenvalue weighted by Gasteiger charge is -2.49. The van der Waals surface area contributed by atoms with Crippen molar-refractivity contribution in [2.75, 3.05) is 17.2 Å². The Bertz CT molecular complexity index is 1760. The van der Waals surface area contributed by atoms with E-state index in [0.29, 0.717) is 33.1 Å². The number of nitrogens with zero attached hydrogens (tertiary/aromatic N) is 6. The van der Waals surface area contributed by atoms with Gasteiger partial charge in [-0.2, -0.15) is 0 Å². The molecule has 2 aliphatic rings. The summed E-state index contributed by atoms with van der Waals surface area (Å²) in [5.41, 5.74) is 8.82. The highest BCUT2D eigenvalue weighted by Gasteiger charge is 2.54. The number of ether oxygens (including phenoxy) is 1. The molecule has 2 aromatic carbocycles. The number of aryl methyl sites for hydroxylation is 1. The molecule has 16 heteroatoms. The number of thioether (sulfide) groups is 2. The van der Waals surface area contributed by atoms with E-state index in [2.05, 4.69) is 41.8 Å². The van der Waals surface area contributed by atoms with E-state index in [9.17, 15) is 14.4 Å². The SMILES string of the molecule is Cn1nnnc1SCC1=C(C(=O)OC(c2ccccc2)c2ccccc2)N2C(=O)C(NC(=O)C(=CBr)c3csc(N)n3)[C@@H]2SC1.